The van der Waals surface area contributed by atoms with Crippen LogP contribution in [0.4, 0.5) is 0 Å². The topological polar surface area (TPSA) is 121 Å². The Bertz CT molecular complexity index is 1210. The van der Waals surface area contributed by atoms with Crippen LogP contribution in [0.5, 0.6) is 0 Å². The minimum absolute atomic E-state index is 0.0600. The first-order valence-corrected chi connectivity index (χ1v) is 17.5. The van der Waals surface area contributed by atoms with E-state index in [1.165, 1.54) is 6.42 Å². The van der Waals surface area contributed by atoms with Crippen LogP contribution in [0.2, 0.25) is 0 Å². The third-order valence-corrected chi connectivity index (χ3v) is 14.1. The zero-order valence-electron chi connectivity index (χ0n) is 26.3. The first kappa shape index (κ1) is 30.0. The first-order valence-electron chi connectivity index (χ1n) is 17.5. The van der Waals surface area contributed by atoms with Crippen LogP contribution in [0.3, 0.4) is 0 Å². The summed E-state index contributed by atoms with van der Waals surface area (Å²) >= 11 is 0. The Labute approximate surface area is 260 Å². The van der Waals surface area contributed by atoms with Crippen molar-refractivity contribution in [1.29, 1.82) is 0 Å². The van der Waals surface area contributed by atoms with Gasteiger partial charge in [-0.2, -0.15) is 0 Å². The van der Waals surface area contributed by atoms with Gasteiger partial charge in [0.15, 0.2) is 12.1 Å². The van der Waals surface area contributed by atoms with Crippen molar-refractivity contribution in [2.45, 2.75) is 158 Å². The Morgan fingerprint density at radius 2 is 1.75 bits per heavy atom. The second-order valence-corrected chi connectivity index (χ2v) is 16.0. The van der Waals surface area contributed by atoms with Crippen molar-refractivity contribution in [2.24, 2.45) is 28.6 Å². The summed E-state index contributed by atoms with van der Waals surface area (Å²) in [5.74, 6) is -0.828. The molecule has 0 radical (unpaired) electrons. The summed E-state index contributed by atoms with van der Waals surface area (Å²) in [6.45, 7) is 4.52. The van der Waals surface area contributed by atoms with Crippen molar-refractivity contribution in [3.63, 3.8) is 0 Å². The van der Waals surface area contributed by atoms with E-state index in [4.69, 9.17) is 23.7 Å². The van der Waals surface area contributed by atoms with Crippen LogP contribution in [0.15, 0.2) is 11.6 Å². The molecule has 1 spiro atoms. The van der Waals surface area contributed by atoms with Gasteiger partial charge in [-0.05, 0) is 94.5 Å². The molecule has 8 rings (SSSR count). The molecule has 9 heteroatoms. The maximum Gasteiger partial charge on any atom is 0.331 e. The van der Waals surface area contributed by atoms with Gasteiger partial charge in [-0.3, -0.25) is 0 Å². The lowest BCUT2D eigenvalue weighted by Gasteiger charge is -2.65. The number of ether oxygens (including phenoxy) is 5. The van der Waals surface area contributed by atoms with Crippen molar-refractivity contribution in [2.75, 3.05) is 6.61 Å². The highest BCUT2D eigenvalue weighted by Gasteiger charge is 2.71. The second-order valence-electron chi connectivity index (χ2n) is 16.0. The molecule has 7 fully saturated rings. The average Bonchev–Trinajstić information content (AvgIpc) is 3.66. The van der Waals surface area contributed by atoms with Gasteiger partial charge in [-0.25, -0.2) is 4.79 Å². The Morgan fingerprint density at radius 1 is 0.955 bits per heavy atom. The third-order valence-electron chi connectivity index (χ3n) is 14.1. The fourth-order valence-electron chi connectivity index (χ4n) is 11.9. The quantitative estimate of drug-likeness (QED) is 0.268. The monoisotopic (exact) mass is 614 g/mol. The molecule has 8 aliphatic rings. The van der Waals surface area contributed by atoms with Crippen LogP contribution < -0.4 is 0 Å². The van der Waals surface area contributed by atoms with E-state index in [2.05, 4.69) is 6.92 Å². The summed E-state index contributed by atoms with van der Waals surface area (Å²) in [6.07, 6.45) is 13.4. The molecule has 0 unspecified atom stereocenters. The highest BCUT2D eigenvalue weighted by Crippen LogP contribution is 2.70. The van der Waals surface area contributed by atoms with Crippen molar-refractivity contribution >= 4 is 12.3 Å². The molecule has 2 saturated heterocycles. The molecule has 12 atom stereocenters. The van der Waals surface area contributed by atoms with Gasteiger partial charge < -0.3 is 38.7 Å². The molecule has 0 bridgehead atoms. The van der Waals surface area contributed by atoms with Crippen LogP contribution in [0.25, 0.3) is 0 Å². The maximum atomic E-state index is 13.2. The minimum Gasteiger partial charge on any atom is -0.458 e. The van der Waals surface area contributed by atoms with Gasteiger partial charge in [0.1, 0.15) is 19.0 Å². The number of rotatable bonds is 4. The van der Waals surface area contributed by atoms with E-state index >= 15 is 0 Å². The van der Waals surface area contributed by atoms with Gasteiger partial charge in [-0.1, -0.05) is 13.3 Å². The van der Waals surface area contributed by atoms with E-state index < -0.39 is 28.7 Å². The molecule has 2 N–H and O–H groups in total. The number of cyclic esters (lactones) is 1. The Balaban J connectivity index is 0.971. The van der Waals surface area contributed by atoms with Crippen LogP contribution in [-0.2, 0) is 33.3 Å². The van der Waals surface area contributed by atoms with Gasteiger partial charge >= 0.3 is 5.97 Å². The fourth-order valence-corrected chi connectivity index (χ4v) is 11.9. The van der Waals surface area contributed by atoms with E-state index in [9.17, 15) is 19.8 Å². The van der Waals surface area contributed by atoms with Crippen LogP contribution in [-0.4, -0.2) is 76.8 Å². The number of aliphatic hydroxyl groups is 2. The SMILES string of the molecule is C[C@@H]1O[C@H](O[C@@H]2CC[C@]3(C=O)[C@@H]4CC[C@]5(C)[C@H](C6=CC(=O)OC6)CC[C@]5(O)[C@@H]4CC[C@]3(O)C2)C[C@@H]2OC3(CCCCC3)O[C@@H]12. The summed E-state index contributed by atoms with van der Waals surface area (Å²) in [5, 5.41) is 24.8. The maximum absolute atomic E-state index is 13.2. The molecule has 0 aromatic rings. The Kier molecular flexibility index (Phi) is 7.04. The lowest BCUT2D eigenvalue weighted by atomic mass is 9.41. The highest BCUT2D eigenvalue weighted by molar-refractivity contribution is 5.85. The summed E-state index contributed by atoms with van der Waals surface area (Å²) in [7, 11) is 0. The first-order chi connectivity index (χ1) is 21.0. The van der Waals surface area contributed by atoms with E-state index in [1.54, 1.807) is 6.08 Å². The molecule has 0 aromatic heterocycles. The molecule has 244 valence electrons. The molecule has 0 aromatic carbocycles. The summed E-state index contributed by atoms with van der Waals surface area (Å²) in [5.41, 5.74) is -2.42. The predicted octanol–water partition coefficient (Wildman–Crippen LogP) is 4.50. The van der Waals surface area contributed by atoms with Crippen LogP contribution >= 0.6 is 0 Å². The summed E-state index contributed by atoms with van der Waals surface area (Å²) in [4.78, 5) is 25.1. The molecule has 3 aliphatic heterocycles. The largest absolute Gasteiger partial charge is 0.458 e. The lowest BCUT2D eigenvalue weighted by Crippen LogP contribution is -2.69. The van der Waals surface area contributed by atoms with Crippen LogP contribution in [0.1, 0.15) is 110 Å². The number of carbonyl (C=O) groups is 2. The number of hydrogen-bond acceptors (Lipinski definition) is 9. The van der Waals surface area contributed by atoms with Crippen molar-refractivity contribution in [3.8, 4) is 0 Å². The van der Waals surface area contributed by atoms with Crippen molar-refractivity contribution in [1.82, 2.24) is 0 Å². The molecule has 3 heterocycles. The van der Waals surface area contributed by atoms with E-state index in [-0.39, 0.29) is 53.6 Å². The molecular weight excluding hydrogens is 564 g/mol. The van der Waals surface area contributed by atoms with Gasteiger partial charge in [0.2, 0.25) is 0 Å². The zero-order valence-corrected chi connectivity index (χ0v) is 26.3. The molecule has 9 nitrogen and oxygen atoms in total. The second kappa shape index (κ2) is 10.3. The number of esters is 1. The summed E-state index contributed by atoms with van der Waals surface area (Å²) < 4.78 is 31.2. The smallest absolute Gasteiger partial charge is 0.331 e. The van der Waals surface area contributed by atoms with Gasteiger partial charge in [0.05, 0.1) is 34.9 Å². The van der Waals surface area contributed by atoms with E-state index in [0.717, 1.165) is 56.8 Å². The van der Waals surface area contributed by atoms with Crippen molar-refractivity contribution in [3.05, 3.63) is 11.6 Å². The number of aldehydes is 1. The van der Waals surface area contributed by atoms with Gasteiger partial charge in [-0.15, -0.1) is 0 Å². The average molecular weight is 615 g/mol. The van der Waals surface area contributed by atoms with Crippen molar-refractivity contribution < 1.29 is 43.5 Å². The Hall–Kier alpha value is -1.36. The molecule has 0 amide bonds. The lowest BCUT2D eigenvalue weighted by molar-refractivity contribution is -0.278. The van der Waals surface area contributed by atoms with Gasteiger partial charge in [0, 0.05) is 37.2 Å². The normalized spacial score (nSPS) is 52.8. The standard InChI is InChI=1S/C35H50O9/c1-21-30-27(43-34(44-30)10-4-3-5-11-34)17-29(41-21)42-23-6-13-32(20-36)25-7-12-31(2)24(22-16-28(37)40-19-22)9-15-35(31,39)26(25)8-14-33(32,38)18-23/h16,20-21,23-27,29-30,38-39H,3-15,17-19H2,1-2H3/t21-,23+,24-,25+,26+,27-,29+,30-,31+,32-,33-,35-/m0/s1. The number of fused-ring (bicyclic) bond motifs is 6. The third kappa shape index (κ3) is 4.18. The highest BCUT2D eigenvalue weighted by atomic mass is 16.8. The summed E-state index contributed by atoms with van der Waals surface area (Å²) in [6, 6.07) is 0. The van der Waals surface area contributed by atoms with Crippen LogP contribution in [0, 0.1) is 28.6 Å². The zero-order chi connectivity index (χ0) is 30.5. The number of carbonyl (C=O) groups excluding carboxylic acids is 2. The molecule has 5 saturated carbocycles. The molecule has 5 aliphatic carbocycles. The Morgan fingerprint density at radius 3 is 2.50 bits per heavy atom. The molecule has 44 heavy (non-hydrogen) atoms. The fraction of sp³-hybridized carbons (Fsp3) is 0.886. The van der Waals surface area contributed by atoms with Gasteiger partial charge in [0.25, 0.3) is 0 Å². The molecular formula is C35H50O9. The number of hydrogen-bond donors (Lipinski definition) is 2. The van der Waals surface area contributed by atoms with E-state index in [0.29, 0.717) is 51.6 Å². The minimum atomic E-state index is -1.18. The predicted molar refractivity (Wildman–Crippen MR) is 157 cm³/mol. The van der Waals surface area contributed by atoms with E-state index in [1.807, 2.05) is 6.92 Å².